The fourth-order valence-electron chi connectivity index (χ4n) is 3.44. The fourth-order valence-corrected chi connectivity index (χ4v) is 3.75. The number of halogens is 3. The van der Waals surface area contributed by atoms with Gasteiger partial charge in [0.1, 0.15) is 17.5 Å². The molecule has 0 saturated carbocycles. The van der Waals surface area contributed by atoms with E-state index in [0.717, 1.165) is 16.9 Å². The van der Waals surface area contributed by atoms with Gasteiger partial charge in [0.25, 0.3) is 0 Å². The van der Waals surface area contributed by atoms with Gasteiger partial charge in [-0.25, -0.2) is 13.8 Å². The Labute approximate surface area is 152 Å². The van der Waals surface area contributed by atoms with Crippen LogP contribution in [0.2, 0.25) is 0 Å². The van der Waals surface area contributed by atoms with E-state index in [1.165, 1.54) is 12.1 Å². The number of benzene rings is 2. The number of imidazole rings is 1. The van der Waals surface area contributed by atoms with Crippen molar-refractivity contribution >= 4 is 27.0 Å². The molecule has 2 aromatic carbocycles. The first-order valence-corrected chi connectivity index (χ1v) is 9.01. The van der Waals surface area contributed by atoms with E-state index in [4.69, 9.17) is 4.74 Å². The molecular formula is C19H17BrF2N2O. The Balaban J connectivity index is 1.83. The smallest absolute Gasteiger partial charge is 0.137 e. The minimum Gasteiger partial charge on any atom is -0.379 e. The second-order valence-electron chi connectivity index (χ2n) is 6.50. The normalized spacial score (nSPS) is 20.5. The third-order valence-electron chi connectivity index (χ3n) is 4.76. The summed E-state index contributed by atoms with van der Waals surface area (Å²) >= 11 is 3.02. The number of hydrogen-bond acceptors (Lipinski definition) is 2. The number of fused-ring (bicyclic) bond motifs is 1. The van der Waals surface area contributed by atoms with E-state index in [-0.39, 0.29) is 16.9 Å². The van der Waals surface area contributed by atoms with Crippen LogP contribution in [-0.2, 0) is 11.2 Å². The van der Waals surface area contributed by atoms with Crippen molar-refractivity contribution in [3.8, 4) is 0 Å². The lowest BCUT2D eigenvalue weighted by atomic mass is 10.0. The molecule has 1 aromatic heterocycles. The molecule has 2 atom stereocenters. The summed E-state index contributed by atoms with van der Waals surface area (Å²) in [5.41, 5.74) is 2.15. The van der Waals surface area contributed by atoms with Crippen LogP contribution in [0.5, 0.6) is 0 Å². The molecule has 130 valence electrons. The highest BCUT2D eigenvalue weighted by Gasteiger charge is 2.29. The van der Waals surface area contributed by atoms with Gasteiger partial charge < -0.3 is 9.30 Å². The van der Waals surface area contributed by atoms with Crippen molar-refractivity contribution in [1.82, 2.24) is 9.55 Å². The Hall–Kier alpha value is -1.79. The number of nitrogens with zero attached hydrogens (tertiary/aromatic N) is 2. The Morgan fingerprint density at radius 1 is 1.20 bits per heavy atom. The standard InChI is InChI=1S/C19H17BrF2N2O/c1-11-9-25-10-18(11)24-17-5-3-2-4-16(17)23-19(24)7-12-6-15(22)13(20)8-14(12)21/h2-6,8,11,18H,7,9-10H2,1H3/t11-,18+/m1/s1. The third kappa shape index (κ3) is 2.98. The summed E-state index contributed by atoms with van der Waals surface area (Å²) in [6.45, 7) is 3.43. The second kappa shape index (κ2) is 6.50. The van der Waals surface area contributed by atoms with Crippen LogP contribution in [0, 0.1) is 17.6 Å². The molecule has 1 aliphatic heterocycles. The number of para-hydroxylation sites is 2. The molecule has 3 nitrogen and oxygen atoms in total. The van der Waals surface area contributed by atoms with Crippen LogP contribution < -0.4 is 0 Å². The predicted molar refractivity (Wildman–Crippen MR) is 95.6 cm³/mol. The van der Waals surface area contributed by atoms with Crippen LogP contribution in [0.3, 0.4) is 0 Å². The zero-order valence-corrected chi connectivity index (χ0v) is 15.3. The quantitative estimate of drug-likeness (QED) is 0.579. The van der Waals surface area contributed by atoms with E-state index in [0.29, 0.717) is 24.7 Å². The Bertz CT molecular complexity index is 941. The van der Waals surface area contributed by atoms with Crippen molar-refractivity contribution in [2.24, 2.45) is 5.92 Å². The van der Waals surface area contributed by atoms with E-state index >= 15 is 0 Å². The number of aromatic nitrogens is 2. The van der Waals surface area contributed by atoms with E-state index < -0.39 is 11.6 Å². The minimum absolute atomic E-state index is 0.125. The van der Waals surface area contributed by atoms with Gasteiger partial charge in [-0.05, 0) is 45.8 Å². The fraction of sp³-hybridized carbons (Fsp3) is 0.316. The molecule has 4 rings (SSSR count). The molecule has 0 bridgehead atoms. The van der Waals surface area contributed by atoms with Gasteiger partial charge in [-0.3, -0.25) is 0 Å². The average molecular weight is 407 g/mol. The SMILES string of the molecule is C[C@@H]1COC[C@@H]1n1c(Cc2cc(F)c(Br)cc2F)nc2ccccc21. The number of hydrogen-bond donors (Lipinski definition) is 0. The summed E-state index contributed by atoms with van der Waals surface area (Å²) in [5.74, 6) is 0.145. The lowest BCUT2D eigenvalue weighted by Gasteiger charge is -2.19. The average Bonchev–Trinajstić information content (AvgIpc) is 3.15. The Morgan fingerprint density at radius 2 is 2.00 bits per heavy atom. The summed E-state index contributed by atoms with van der Waals surface area (Å²) in [5, 5.41) is 0. The first kappa shape index (κ1) is 16.7. The molecule has 0 aliphatic carbocycles. The highest BCUT2D eigenvalue weighted by molar-refractivity contribution is 9.10. The second-order valence-corrected chi connectivity index (χ2v) is 7.36. The molecule has 1 saturated heterocycles. The Kier molecular flexibility index (Phi) is 4.33. The van der Waals surface area contributed by atoms with Crippen molar-refractivity contribution < 1.29 is 13.5 Å². The van der Waals surface area contributed by atoms with Gasteiger partial charge in [0.05, 0.1) is 34.8 Å². The van der Waals surface area contributed by atoms with Crippen LogP contribution >= 0.6 is 15.9 Å². The number of rotatable bonds is 3. The van der Waals surface area contributed by atoms with E-state index in [9.17, 15) is 8.78 Å². The number of ether oxygens (including phenoxy) is 1. The highest BCUT2D eigenvalue weighted by atomic mass is 79.9. The topological polar surface area (TPSA) is 27.1 Å². The van der Waals surface area contributed by atoms with Crippen LogP contribution in [-0.4, -0.2) is 22.8 Å². The van der Waals surface area contributed by atoms with Gasteiger partial charge in [-0.15, -0.1) is 0 Å². The van der Waals surface area contributed by atoms with Crippen molar-refractivity contribution in [2.75, 3.05) is 13.2 Å². The monoisotopic (exact) mass is 406 g/mol. The Morgan fingerprint density at radius 3 is 2.76 bits per heavy atom. The zero-order valence-electron chi connectivity index (χ0n) is 13.7. The van der Waals surface area contributed by atoms with Crippen LogP contribution in [0.15, 0.2) is 40.9 Å². The van der Waals surface area contributed by atoms with Gasteiger partial charge in [-0.2, -0.15) is 0 Å². The maximum atomic E-state index is 14.3. The van der Waals surface area contributed by atoms with E-state index in [2.05, 4.69) is 32.4 Å². The predicted octanol–water partition coefficient (Wildman–Crippen LogP) is 4.88. The summed E-state index contributed by atoms with van der Waals surface area (Å²) in [4.78, 5) is 4.69. The van der Waals surface area contributed by atoms with Gasteiger partial charge in [0.2, 0.25) is 0 Å². The van der Waals surface area contributed by atoms with Crippen LogP contribution in [0.4, 0.5) is 8.78 Å². The van der Waals surface area contributed by atoms with Crippen LogP contribution in [0.1, 0.15) is 24.4 Å². The largest absolute Gasteiger partial charge is 0.379 e. The molecule has 0 N–H and O–H groups in total. The molecule has 25 heavy (non-hydrogen) atoms. The maximum absolute atomic E-state index is 14.3. The summed E-state index contributed by atoms with van der Waals surface area (Å²) in [6, 6.07) is 10.4. The molecule has 0 radical (unpaired) electrons. The van der Waals surface area contributed by atoms with Crippen molar-refractivity contribution in [1.29, 1.82) is 0 Å². The van der Waals surface area contributed by atoms with Gasteiger partial charge in [0.15, 0.2) is 0 Å². The van der Waals surface area contributed by atoms with Crippen LogP contribution in [0.25, 0.3) is 11.0 Å². The summed E-state index contributed by atoms with van der Waals surface area (Å²) in [7, 11) is 0. The molecular weight excluding hydrogens is 390 g/mol. The maximum Gasteiger partial charge on any atom is 0.137 e. The lowest BCUT2D eigenvalue weighted by molar-refractivity contribution is 0.182. The van der Waals surface area contributed by atoms with E-state index in [1.807, 2.05) is 24.3 Å². The highest BCUT2D eigenvalue weighted by Crippen LogP contribution is 2.32. The van der Waals surface area contributed by atoms with E-state index in [1.54, 1.807) is 0 Å². The first-order valence-electron chi connectivity index (χ1n) is 8.21. The van der Waals surface area contributed by atoms with Gasteiger partial charge >= 0.3 is 0 Å². The molecule has 1 fully saturated rings. The molecule has 6 heteroatoms. The van der Waals surface area contributed by atoms with Crippen molar-refractivity contribution in [3.63, 3.8) is 0 Å². The first-order chi connectivity index (χ1) is 12.0. The molecule has 0 amide bonds. The van der Waals surface area contributed by atoms with Gasteiger partial charge in [0, 0.05) is 12.3 Å². The molecule has 0 unspecified atom stereocenters. The molecule has 1 aliphatic rings. The van der Waals surface area contributed by atoms with Crippen molar-refractivity contribution in [3.05, 3.63) is 63.9 Å². The summed E-state index contributed by atoms with van der Waals surface area (Å²) in [6.07, 6.45) is 0.230. The minimum atomic E-state index is -0.475. The lowest BCUT2D eigenvalue weighted by Crippen LogP contribution is -2.18. The molecule has 0 spiro atoms. The van der Waals surface area contributed by atoms with Crippen molar-refractivity contribution in [2.45, 2.75) is 19.4 Å². The summed E-state index contributed by atoms with van der Waals surface area (Å²) < 4.78 is 36.0. The van der Waals surface area contributed by atoms with Gasteiger partial charge in [-0.1, -0.05) is 19.1 Å². The third-order valence-corrected chi connectivity index (χ3v) is 5.37. The zero-order chi connectivity index (χ0) is 17.6. The molecule has 3 aromatic rings. The molecule has 2 heterocycles.